The predicted octanol–water partition coefficient (Wildman–Crippen LogP) is 3.33. The molecular formula is C16H15BrFNO2. The van der Waals surface area contributed by atoms with Gasteiger partial charge < -0.3 is 10.1 Å². The quantitative estimate of drug-likeness (QED) is 0.866. The van der Waals surface area contributed by atoms with E-state index < -0.39 is 0 Å². The standard InChI is InChI=1S/C16H15BrFNO2/c17-13-6-2-4-8-15(13)21-11-16(20)19-10-9-12-5-1-3-7-14(12)18/h1-8H,9-11H2,(H,19,20). The molecule has 5 heteroatoms. The van der Waals surface area contributed by atoms with E-state index >= 15 is 0 Å². The lowest BCUT2D eigenvalue weighted by molar-refractivity contribution is -0.123. The highest BCUT2D eigenvalue weighted by Crippen LogP contribution is 2.23. The summed E-state index contributed by atoms with van der Waals surface area (Å²) in [6.45, 7) is 0.305. The highest BCUT2D eigenvalue weighted by atomic mass is 79.9. The van der Waals surface area contributed by atoms with Crippen LogP contribution in [0.4, 0.5) is 4.39 Å². The normalized spacial score (nSPS) is 10.2. The van der Waals surface area contributed by atoms with Crippen LogP contribution < -0.4 is 10.1 Å². The third-order valence-electron chi connectivity index (χ3n) is 2.87. The minimum Gasteiger partial charge on any atom is -0.483 e. The summed E-state index contributed by atoms with van der Waals surface area (Å²) in [6.07, 6.45) is 0.452. The molecule has 0 heterocycles. The molecule has 2 aromatic rings. The van der Waals surface area contributed by atoms with E-state index in [1.807, 2.05) is 18.2 Å². The van der Waals surface area contributed by atoms with E-state index in [2.05, 4.69) is 21.2 Å². The van der Waals surface area contributed by atoms with Gasteiger partial charge in [-0.05, 0) is 46.1 Å². The predicted molar refractivity (Wildman–Crippen MR) is 82.8 cm³/mol. The van der Waals surface area contributed by atoms with E-state index in [1.54, 1.807) is 24.3 Å². The fraction of sp³-hybridized carbons (Fsp3) is 0.188. The lowest BCUT2D eigenvalue weighted by Crippen LogP contribution is -2.30. The van der Waals surface area contributed by atoms with Gasteiger partial charge >= 0.3 is 0 Å². The molecule has 0 atom stereocenters. The fourth-order valence-electron chi connectivity index (χ4n) is 1.79. The van der Waals surface area contributed by atoms with Gasteiger partial charge in [-0.2, -0.15) is 0 Å². The fourth-order valence-corrected chi connectivity index (χ4v) is 2.19. The van der Waals surface area contributed by atoms with Crippen molar-refractivity contribution >= 4 is 21.8 Å². The topological polar surface area (TPSA) is 38.3 Å². The number of para-hydroxylation sites is 1. The Morgan fingerprint density at radius 2 is 1.86 bits per heavy atom. The number of carbonyl (C=O) groups is 1. The Bertz CT molecular complexity index is 619. The Hall–Kier alpha value is -1.88. The number of ether oxygens (including phenoxy) is 1. The molecule has 0 aliphatic rings. The van der Waals surface area contributed by atoms with Gasteiger partial charge in [0.15, 0.2) is 6.61 Å². The van der Waals surface area contributed by atoms with Gasteiger partial charge in [0, 0.05) is 6.54 Å². The molecule has 2 rings (SSSR count). The van der Waals surface area contributed by atoms with Gasteiger partial charge in [-0.3, -0.25) is 4.79 Å². The Balaban J connectivity index is 1.73. The molecule has 3 nitrogen and oxygen atoms in total. The number of nitrogens with one attached hydrogen (secondary N) is 1. The summed E-state index contributed by atoms with van der Waals surface area (Å²) in [5.74, 6) is 0.125. The largest absolute Gasteiger partial charge is 0.483 e. The Morgan fingerprint density at radius 1 is 1.14 bits per heavy atom. The van der Waals surface area contributed by atoms with E-state index in [9.17, 15) is 9.18 Å². The first kappa shape index (κ1) is 15.5. The summed E-state index contributed by atoms with van der Waals surface area (Å²) in [5.41, 5.74) is 0.588. The molecule has 0 bridgehead atoms. The number of hydrogen-bond acceptors (Lipinski definition) is 2. The molecule has 0 aromatic heterocycles. The van der Waals surface area contributed by atoms with Crippen molar-refractivity contribution in [2.24, 2.45) is 0 Å². The van der Waals surface area contributed by atoms with Crippen LogP contribution in [0, 0.1) is 5.82 Å². The first-order chi connectivity index (χ1) is 10.2. The summed E-state index contributed by atoms with van der Waals surface area (Å²) in [5, 5.41) is 2.70. The first-order valence-electron chi connectivity index (χ1n) is 6.54. The van der Waals surface area contributed by atoms with Crippen molar-refractivity contribution in [2.75, 3.05) is 13.2 Å². The molecule has 110 valence electrons. The average Bonchev–Trinajstić information content (AvgIpc) is 2.48. The highest BCUT2D eigenvalue weighted by Gasteiger charge is 2.06. The first-order valence-corrected chi connectivity index (χ1v) is 7.33. The summed E-state index contributed by atoms with van der Waals surface area (Å²) in [7, 11) is 0. The molecule has 1 N–H and O–H groups in total. The van der Waals surface area contributed by atoms with Gasteiger partial charge in [-0.1, -0.05) is 30.3 Å². The Kier molecular flexibility index (Phi) is 5.75. The molecule has 1 amide bonds. The summed E-state index contributed by atoms with van der Waals surface area (Å²) >= 11 is 3.34. The minimum atomic E-state index is -0.254. The lowest BCUT2D eigenvalue weighted by Gasteiger charge is -2.09. The maximum Gasteiger partial charge on any atom is 0.257 e. The molecule has 0 spiro atoms. The van der Waals surface area contributed by atoms with Crippen molar-refractivity contribution < 1.29 is 13.9 Å². The third kappa shape index (κ3) is 4.86. The molecule has 0 aliphatic heterocycles. The monoisotopic (exact) mass is 351 g/mol. The molecular weight excluding hydrogens is 337 g/mol. The van der Waals surface area contributed by atoms with E-state index in [4.69, 9.17) is 4.74 Å². The molecule has 0 radical (unpaired) electrons. The summed E-state index contributed by atoms with van der Waals surface area (Å²) in [4.78, 5) is 11.7. The number of amides is 1. The van der Waals surface area contributed by atoms with Crippen molar-refractivity contribution in [2.45, 2.75) is 6.42 Å². The minimum absolute atomic E-state index is 0.0696. The lowest BCUT2D eigenvalue weighted by atomic mass is 10.1. The second-order valence-corrected chi connectivity index (χ2v) is 5.26. The van der Waals surface area contributed by atoms with Crippen LogP contribution in [0.15, 0.2) is 53.0 Å². The number of halogens is 2. The molecule has 2 aromatic carbocycles. The zero-order valence-electron chi connectivity index (χ0n) is 11.3. The van der Waals surface area contributed by atoms with E-state index in [0.717, 1.165) is 4.47 Å². The van der Waals surface area contributed by atoms with E-state index in [1.165, 1.54) is 6.07 Å². The van der Waals surface area contributed by atoms with E-state index in [-0.39, 0.29) is 18.3 Å². The maximum absolute atomic E-state index is 13.4. The van der Waals surface area contributed by atoms with Crippen LogP contribution in [0.25, 0.3) is 0 Å². The van der Waals surface area contributed by atoms with Gasteiger partial charge in [0.05, 0.1) is 4.47 Å². The molecule has 0 saturated heterocycles. The highest BCUT2D eigenvalue weighted by molar-refractivity contribution is 9.10. The van der Waals surface area contributed by atoms with E-state index in [0.29, 0.717) is 24.3 Å². The van der Waals surface area contributed by atoms with Gasteiger partial charge in [0.25, 0.3) is 5.91 Å². The number of carbonyl (C=O) groups excluding carboxylic acids is 1. The number of benzene rings is 2. The molecule has 0 unspecified atom stereocenters. The van der Waals surface area contributed by atoms with Crippen LogP contribution in [0.3, 0.4) is 0 Å². The van der Waals surface area contributed by atoms with Crippen LogP contribution in [-0.2, 0) is 11.2 Å². The second kappa shape index (κ2) is 7.78. The van der Waals surface area contributed by atoms with Gasteiger partial charge in [-0.15, -0.1) is 0 Å². The van der Waals surface area contributed by atoms with Crippen LogP contribution in [-0.4, -0.2) is 19.1 Å². The van der Waals surface area contributed by atoms with Crippen LogP contribution in [0.2, 0.25) is 0 Å². The number of rotatable bonds is 6. The molecule has 0 aliphatic carbocycles. The Labute approximate surface area is 131 Å². The summed E-state index contributed by atoms with van der Waals surface area (Å²) < 4.78 is 19.6. The second-order valence-electron chi connectivity index (χ2n) is 4.41. The molecule has 21 heavy (non-hydrogen) atoms. The van der Waals surface area contributed by atoms with Crippen molar-refractivity contribution in [1.29, 1.82) is 0 Å². The smallest absolute Gasteiger partial charge is 0.257 e. The SMILES string of the molecule is O=C(COc1ccccc1Br)NCCc1ccccc1F. The third-order valence-corrected chi connectivity index (χ3v) is 3.52. The van der Waals surface area contributed by atoms with Crippen LogP contribution in [0.5, 0.6) is 5.75 Å². The molecule has 0 saturated carbocycles. The van der Waals surface area contributed by atoms with Crippen molar-refractivity contribution in [3.8, 4) is 5.75 Å². The van der Waals surface area contributed by atoms with Crippen molar-refractivity contribution in [1.82, 2.24) is 5.32 Å². The maximum atomic E-state index is 13.4. The zero-order valence-corrected chi connectivity index (χ0v) is 12.9. The van der Waals surface area contributed by atoms with Crippen molar-refractivity contribution in [3.63, 3.8) is 0 Å². The van der Waals surface area contributed by atoms with Crippen LogP contribution in [0.1, 0.15) is 5.56 Å². The number of hydrogen-bond donors (Lipinski definition) is 1. The zero-order chi connectivity index (χ0) is 15.1. The molecule has 0 fully saturated rings. The van der Waals surface area contributed by atoms with Gasteiger partial charge in [-0.25, -0.2) is 4.39 Å². The van der Waals surface area contributed by atoms with Gasteiger partial charge in [0.1, 0.15) is 11.6 Å². The average molecular weight is 352 g/mol. The van der Waals surface area contributed by atoms with Crippen molar-refractivity contribution in [3.05, 3.63) is 64.4 Å². The van der Waals surface area contributed by atoms with Gasteiger partial charge in [0.2, 0.25) is 0 Å². The Morgan fingerprint density at radius 3 is 2.62 bits per heavy atom. The van der Waals surface area contributed by atoms with Crippen LogP contribution >= 0.6 is 15.9 Å². The summed E-state index contributed by atoms with van der Waals surface area (Å²) in [6, 6.07) is 13.8.